The Morgan fingerprint density at radius 3 is 2.60 bits per heavy atom. The molecule has 0 aliphatic heterocycles. The Hall–Kier alpha value is -1.57. The number of thiophene rings is 1. The van der Waals surface area contributed by atoms with Gasteiger partial charge in [-0.3, -0.25) is 4.72 Å². The van der Waals surface area contributed by atoms with Gasteiger partial charge < -0.3 is 5.11 Å². The van der Waals surface area contributed by atoms with Crippen LogP contribution in [-0.2, 0) is 10.0 Å². The van der Waals surface area contributed by atoms with Gasteiger partial charge in [0.15, 0.2) is 0 Å². The summed E-state index contributed by atoms with van der Waals surface area (Å²) in [7, 11) is -3.81. The van der Waals surface area contributed by atoms with Crippen molar-refractivity contribution in [1.82, 2.24) is 0 Å². The Morgan fingerprint density at radius 2 is 2.05 bits per heavy atom. The molecule has 1 aromatic carbocycles. The molecule has 0 amide bonds. The molecule has 2 aromatic rings. The zero-order valence-electron chi connectivity index (χ0n) is 10.3. The highest BCUT2D eigenvalue weighted by Gasteiger charge is 2.21. The van der Waals surface area contributed by atoms with E-state index in [1.54, 1.807) is 18.4 Å². The van der Waals surface area contributed by atoms with Crippen molar-refractivity contribution < 1.29 is 18.3 Å². The minimum Gasteiger partial charge on any atom is -0.478 e. The predicted molar refractivity (Wildman–Crippen MR) is 78.3 cm³/mol. The fourth-order valence-corrected chi connectivity index (χ4v) is 4.28. The number of halogens is 1. The largest absolute Gasteiger partial charge is 0.478 e. The van der Waals surface area contributed by atoms with Crippen molar-refractivity contribution >= 4 is 44.6 Å². The molecule has 1 heterocycles. The molecule has 0 unspecified atom stereocenters. The first-order valence-electron chi connectivity index (χ1n) is 5.41. The lowest BCUT2D eigenvalue weighted by Crippen LogP contribution is -2.15. The molecule has 0 aliphatic carbocycles. The highest BCUT2D eigenvalue weighted by molar-refractivity contribution is 7.94. The molecule has 8 heteroatoms. The van der Waals surface area contributed by atoms with Crippen LogP contribution in [0.15, 0.2) is 33.9 Å². The Morgan fingerprint density at radius 1 is 1.35 bits per heavy atom. The van der Waals surface area contributed by atoms with E-state index < -0.39 is 16.0 Å². The van der Waals surface area contributed by atoms with Crippen LogP contribution in [0.1, 0.15) is 15.9 Å². The minimum absolute atomic E-state index is 0.0188. The number of rotatable bonds is 4. The molecule has 0 fully saturated rings. The highest BCUT2D eigenvalue weighted by Crippen LogP contribution is 2.27. The van der Waals surface area contributed by atoms with Gasteiger partial charge >= 0.3 is 5.97 Å². The average Bonchev–Trinajstić information content (AvgIpc) is 2.78. The van der Waals surface area contributed by atoms with Gasteiger partial charge in [-0.2, -0.15) is 0 Å². The zero-order valence-corrected chi connectivity index (χ0v) is 12.6. The van der Waals surface area contributed by atoms with Crippen LogP contribution in [-0.4, -0.2) is 19.5 Å². The lowest BCUT2D eigenvalue weighted by Gasteiger charge is -2.10. The summed E-state index contributed by atoms with van der Waals surface area (Å²) in [6, 6.07) is 5.63. The number of aromatic carboxylic acids is 1. The second kappa shape index (κ2) is 5.43. The maximum atomic E-state index is 12.2. The second-order valence-corrected chi connectivity index (χ2v) is 7.22. The van der Waals surface area contributed by atoms with Crippen LogP contribution < -0.4 is 4.72 Å². The number of hydrogen-bond donors (Lipinski definition) is 2. The van der Waals surface area contributed by atoms with Gasteiger partial charge in [0.25, 0.3) is 10.0 Å². The van der Waals surface area contributed by atoms with Crippen LogP contribution >= 0.6 is 22.9 Å². The van der Waals surface area contributed by atoms with Gasteiger partial charge in [-0.1, -0.05) is 11.6 Å². The van der Waals surface area contributed by atoms with Crippen molar-refractivity contribution in [2.24, 2.45) is 0 Å². The van der Waals surface area contributed by atoms with Gasteiger partial charge in [-0.05, 0) is 42.1 Å². The molecule has 0 radical (unpaired) electrons. The molecule has 0 saturated carbocycles. The number of benzene rings is 1. The summed E-state index contributed by atoms with van der Waals surface area (Å²) >= 11 is 6.79. The van der Waals surface area contributed by atoms with Gasteiger partial charge in [-0.25, -0.2) is 13.2 Å². The minimum atomic E-state index is -3.81. The first kappa shape index (κ1) is 14.8. The number of nitrogens with one attached hydrogen (secondary N) is 1. The molecule has 5 nitrogen and oxygen atoms in total. The maximum absolute atomic E-state index is 12.2. The summed E-state index contributed by atoms with van der Waals surface area (Å²) in [5.41, 5.74) is 0.387. The van der Waals surface area contributed by atoms with Gasteiger partial charge in [0.05, 0.1) is 11.3 Å². The number of anilines is 1. The Labute approximate surface area is 124 Å². The predicted octanol–water partition coefficient (Wildman–Crippen LogP) is 3.21. The third-order valence-electron chi connectivity index (χ3n) is 2.52. The van der Waals surface area contributed by atoms with Gasteiger partial charge in [0, 0.05) is 5.02 Å². The molecular weight excluding hydrogens is 322 g/mol. The number of aryl methyl sites for hydroxylation is 1. The van der Waals surface area contributed by atoms with Crippen molar-refractivity contribution in [3.63, 3.8) is 0 Å². The van der Waals surface area contributed by atoms with E-state index in [2.05, 4.69) is 4.72 Å². The highest BCUT2D eigenvalue weighted by atomic mass is 35.5. The Balaban J connectivity index is 2.45. The number of sulfonamides is 1. The first-order valence-corrected chi connectivity index (χ1v) is 8.15. The van der Waals surface area contributed by atoms with Crippen LogP contribution in [0.2, 0.25) is 5.02 Å². The molecule has 2 rings (SSSR count). The molecule has 0 atom stereocenters. The molecule has 0 spiro atoms. The van der Waals surface area contributed by atoms with E-state index in [0.29, 0.717) is 5.56 Å². The van der Waals surface area contributed by atoms with Crippen molar-refractivity contribution in [3.8, 4) is 0 Å². The topological polar surface area (TPSA) is 83.5 Å². The summed E-state index contributed by atoms with van der Waals surface area (Å²) < 4.78 is 26.9. The summed E-state index contributed by atoms with van der Waals surface area (Å²) in [4.78, 5) is 11.1. The standard InChI is InChI=1S/C12H10ClNO4S2/c1-7-4-5-19-12(7)20(17,18)14-10-3-2-8(13)6-9(10)11(15)16/h2-6,14H,1H3,(H,15,16). The maximum Gasteiger partial charge on any atom is 0.337 e. The number of hydrogen-bond acceptors (Lipinski definition) is 4. The van der Waals surface area contributed by atoms with E-state index in [0.717, 1.165) is 11.3 Å². The average molecular weight is 332 g/mol. The van der Waals surface area contributed by atoms with Crippen molar-refractivity contribution in [2.45, 2.75) is 11.1 Å². The van der Waals surface area contributed by atoms with Crippen molar-refractivity contribution in [2.75, 3.05) is 4.72 Å². The third-order valence-corrected chi connectivity index (χ3v) is 5.80. The summed E-state index contributed by atoms with van der Waals surface area (Å²) in [5.74, 6) is -1.26. The monoisotopic (exact) mass is 331 g/mol. The molecule has 0 aliphatic rings. The number of carboxylic acids is 1. The van der Waals surface area contributed by atoms with Crippen LogP contribution in [0.3, 0.4) is 0 Å². The van der Waals surface area contributed by atoms with E-state index in [1.807, 2.05) is 0 Å². The molecule has 0 bridgehead atoms. The summed E-state index contributed by atoms with van der Waals surface area (Å²) in [6.45, 7) is 1.67. The van der Waals surface area contributed by atoms with Crippen LogP contribution in [0, 0.1) is 6.92 Å². The lowest BCUT2D eigenvalue weighted by atomic mass is 10.2. The fraction of sp³-hybridized carbons (Fsp3) is 0.0833. The SMILES string of the molecule is Cc1ccsc1S(=O)(=O)Nc1ccc(Cl)cc1C(=O)O. The van der Waals surface area contributed by atoms with Crippen LogP contribution in [0.25, 0.3) is 0 Å². The summed E-state index contributed by atoms with van der Waals surface area (Å²) in [5, 5.41) is 11.0. The van der Waals surface area contributed by atoms with E-state index >= 15 is 0 Å². The van der Waals surface area contributed by atoms with Gasteiger partial charge in [-0.15, -0.1) is 11.3 Å². The summed E-state index contributed by atoms with van der Waals surface area (Å²) in [6.07, 6.45) is 0. The molecule has 2 N–H and O–H groups in total. The van der Waals surface area contributed by atoms with E-state index in [1.165, 1.54) is 18.2 Å². The quantitative estimate of drug-likeness (QED) is 0.901. The molecule has 106 valence electrons. The number of carbonyl (C=O) groups is 1. The van der Waals surface area contributed by atoms with Crippen LogP contribution in [0.5, 0.6) is 0 Å². The van der Waals surface area contributed by atoms with E-state index in [9.17, 15) is 13.2 Å². The molecular formula is C12H10ClNO4S2. The van der Waals surface area contributed by atoms with Gasteiger partial charge in [0.2, 0.25) is 0 Å². The molecule has 20 heavy (non-hydrogen) atoms. The normalized spacial score (nSPS) is 11.3. The molecule has 0 saturated heterocycles. The first-order chi connectivity index (χ1) is 9.31. The zero-order chi connectivity index (χ0) is 14.9. The van der Waals surface area contributed by atoms with Crippen molar-refractivity contribution in [3.05, 3.63) is 45.8 Å². The van der Waals surface area contributed by atoms with E-state index in [-0.39, 0.29) is 20.5 Å². The van der Waals surface area contributed by atoms with E-state index in [4.69, 9.17) is 16.7 Å². The van der Waals surface area contributed by atoms with Gasteiger partial charge in [0.1, 0.15) is 4.21 Å². The molecule has 1 aromatic heterocycles. The smallest absolute Gasteiger partial charge is 0.337 e. The van der Waals surface area contributed by atoms with Crippen molar-refractivity contribution in [1.29, 1.82) is 0 Å². The Kier molecular flexibility index (Phi) is 4.03. The Bertz CT molecular complexity index is 768. The third kappa shape index (κ3) is 2.95. The fourth-order valence-electron chi connectivity index (χ4n) is 1.61. The van der Waals surface area contributed by atoms with Crippen LogP contribution in [0.4, 0.5) is 5.69 Å². The second-order valence-electron chi connectivity index (χ2n) is 3.99. The lowest BCUT2D eigenvalue weighted by molar-refractivity contribution is 0.0698. The number of carboxylic acid groups (broad SMARTS) is 1.